The first-order valence-electron chi connectivity index (χ1n) is 14.0. The van der Waals surface area contributed by atoms with Gasteiger partial charge in [-0.25, -0.2) is 4.68 Å². The summed E-state index contributed by atoms with van der Waals surface area (Å²) in [6.07, 6.45) is 13.4. The highest BCUT2D eigenvalue weighted by atomic mass is 16.7. The maximum Gasteiger partial charge on any atom is 0.159 e. The number of hydrogen-bond acceptors (Lipinski definition) is 5. The number of piperidine rings is 1. The number of methoxy groups -OCH3 is 2. The lowest BCUT2D eigenvalue weighted by molar-refractivity contribution is -0.141. The molecule has 6 rings (SSSR count). The van der Waals surface area contributed by atoms with E-state index in [1.54, 1.807) is 14.2 Å². The fourth-order valence-electron chi connectivity index (χ4n) is 6.52. The van der Waals surface area contributed by atoms with Gasteiger partial charge >= 0.3 is 0 Å². The largest absolute Gasteiger partial charge is 0.372 e. The van der Waals surface area contributed by atoms with E-state index in [1.807, 2.05) is 0 Å². The lowest BCUT2D eigenvalue weighted by Gasteiger charge is -2.36. The minimum atomic E-state index is -0.0967. The van der Waals surface area contributed by atoms with Crippen LogP contribution in [0.4, 0.5) is 5.69 Å². The van der Waals surface area contributed by atoms with E-state index in [-0.39, 0.29) is 12.5 Å². The highest BCUT2D eigenvalue weighted by Crippen LogP contribution is 2.37. The number of rotatable bonds is 6. The molecule has 3 aliphatic rings. The third-order valence-corrected chi connectivity index (χ3v) is 8.52. The number of hydrogen-bond donors (Lipinski definition) is 0. The number of benzene rings is 2. The number of ether oxygens (including phenoxy) is 3. The van der Waals surface area contributed by atoms with Crippen molar-refractivity contribution in [3.63, 3.8) is 0 Å². The fraction of sp³-hybridized carbons (Fsp3) is 0.516. The van der Waals surface area contributed by atoms with Crippen molar-refractivity contribution in [2.45, 2.75) is 63.9 Å². The second-order valence-electron chi connectivity index (χ2n) is 10.7. The summed E-state index contributed by atoms with van der Waals surface area (Å²) in [7, 11) is 3.48. The van der Waals surface area contributed by atoms with E-state index >= 15 is 0 Å². The molecule has 1 atom stereocenters. The third-order valence-electron chi connectivity index (χ3n) is 8.52. The Labute approximate surface area is 220 Å². The third kappa shape index (κ3) is 4.83. The average Bonchev–Trinajstić information content (AvgIpc) is 3.28. The topological polar surface area (TPSA) is 48.8 Å². The van der Waals surface area contributed by atoms with Crippen LogP contribution in [0.3, 0.4) is 0 Å². The molecule has 2 aromatic carbocycles. The van der Waals surface area contributed by atoms with Crippen LogP contribution in [0.15, 0.2) is 48.7 Å². The molecule has 0 bridgehead atoms. The zero-order valence-corrected chi connectivity index (χ0v) is 22.2. The van der Waals surface area contributed by atoms with Gasteiger partial charge in [0, 0.05) is 50.9 Å². The summed E-state index contributed by atoms with van der Waals surface area (Å²) >= 11 is 0. The molecule has 0 radical (unpaired) electrons. The van der Waals surface area contributed by atoms with Crippen LogP contribution in [0.2, 0.25) is 0 Å². The Kier molecular flexibility index (Phi) is 7.32. The van der Waals surface area contributed by atoms with Crippen molar-refractivity contribution >= 4 is 22.2 Å². The molecule has 3 aromatic rings. The normalized spacial score (nSPS) is 21.2. The first kappa shape index (κ1) is 24.7. The maximum absolute atomic E-state index is 6.05. The monoisotopic (exact) mass is 501 g/mol. The van der Waals surface area contributed by atoms with E-state index in [4.69, 9.17) is 19.3 Å². The van der Waals surface area contributed by atoms with Crippen molar-refractivity contribution in [2.24, 2.45) is 5.92 Å². The van der Waals surface area contributed by atoms with E-state index < -0.39 is 0 Å². The molecule has 3 heterocycles. The van der Waals surface area contributed by atoms with Crippen molar-refractivity contribution in [3.05, 3.63) is 65.4 Å². The second-order valence-corrected chi connectivity index (χ2v) is 10.7. The molecular weight excluding hydrogens is 462 g/mol. The van der Waals surface area contributed by atoms with Gasteiger partial charge in [0.1, 0.15) is 0 Å². The maximum atomic E-state index is 6.05. The summed E-state index contributed by atoms with van der Waals surface area (Å²) in [6.45, 7) is 2.90. The smallest absolute Gasteiger partial charge is 0.159 e. The van der Waals surface area contributed by atoms with Gasteiger partial charge in [0.05, 0.1) is 11.7 Å². The van der Waals surface area contributed by atoms with Crippen molar-refractivity contribution in [2.75, 3.05) is 38.8 Å². The number of fused-ring (bicyclic) bond motifs is 3. The van der Waals surface area contributed by atoms with Crippen molar-refractivity contribution < 1.29 is 14.2 Å². The van der Waals surface area contributed by atoms with Crippen molar-refractivity contribution in [1.29, 1.82) is 0 Å². The van der Waals surface area contributed by atoms with Crippen molar-refractivity contribution in [1.82, 2.24) is 9.78 Å². The van der Waals surface area contributed by atoms with Crippen LogP contribution in [0.5, 0.6) is 0 Å². The Morgan fingerprint density at radius 3 is 2.49 bits per heavy atom. The summed E-state index contributed by atoms with van der Waals surface area (Å²) in [6, 6.07) is 13.8. The molecule has 6 nitrogen and oxygen atoms in total. The molecule has 2 aliphatic heterocycles. The van der Waals surface area contributed by atoms with E-state index in [0.29, 0.717) is 5.92 Å². The van der Waals surface area contributed by atoms with Crippen LogP contribution in [0.1, 0.15) is 67.9 Å². The zero-order chi connectivity index (χ0) is 25.2. The quantitative estimate of drug-likeness (QED) is 0.369. The van der Waals surface area contributed by atoms with E-state index in [2.05, 4.69) is 58.3 Å². The molecule has 1 unspecified atom stereocenters. The molecule has 1 aliphatic carbocycles. The SMILES string of the molecule is COC(OC)C1CCN(c2ccc(C3=CCCCc4c3ccc3c4cnn3C3CCCCO3)cc2)CC1. The molecule has 2 fully saturated rings. The summed E-state index contributed by atoms with van der Waals surface area (Å²) in [5.74, 6) is 0.462. The Hall–Kier alpha value is -2.67. The second kappa shape index (κ2) is 11.0. The molecule has 196 valence electrons. The lowest BCUT2D eigenvalue weighted by atomic mass is 9.91. The van der Waals surface area contributed by atoms with Gasteiger partial charge in [0.2, 0.25) is 0 Å². The first-order valence-corrected chi connectivity index (χ1v) is 14.0. The highest BCUT2D eigenvalue weighted by Gasteiger charge is 2.27. The minimum absolute atomic E-state index is 0.0672. The van der Waals surface area contributed by atoms with Crippen molar-refractivity contribution in [3.8, 4) is 0 Å². The van der Waals surface area contributed by atoms with Gasteiger partial charge in [0.15, 0.2) is 12.5 Å². The van der Waals surface area contributed by atoms with Crippen LogP contribution in [0, 0.1) is 5.92 Å². The standard InChI is InChI=1S/C31H39N3O3/c1-35-31(36-2)23-16-18-33(19-17-23)24-12-10-22(11-13-24)25-7-3-4-8-26-27(25)14-15-29-28(26)21-32-34(29)30-9-5-6-20-37-30/h7,10-15,21,23,30-31H,3-6,8-9,16-20H2,1-2H3. The lowest BCUT2D eigenvalue weighted by Crippen LogP contribution is -2.39. The predicted octanol–water partition coefficient (Wildman–Crippen LogP) is 6.34. The number of aromatic nitrogens is 2. The van der Waals surface area contributed by atoms with Gasteiger partial charge in [-0.15, -0.1) is 0 Å². The molecule has 0 spiro atoms. The molecule has 2 saturated heterocycles. The van der Waals surface area contributed by atoms with E-state index in [1.165, 1.54) is 45.3 Å². The Bertz CT molecular complexity index is 1230. The van der Waals surface area contributed by atoms with Crippen LogP contribution < -0.4 is 4.90 Å². The average molecular weight is 502 g/mol. The molecule has 6 heteroatoms. The number of anilines is 1. The Morgan fingerprint density at radius 1 is 0.946 bits per heavy atom. The van der Waals surface area contributed by atoms with Gasteiger partial charge in [0.25, 0.3) is 0 Å². The molecule has 1 aromatic heterocycles. The molecule has 0 saturated carbocycles. The van der Waals surface area contributed by atoms with Crippen LogP contribution >= 0.6 is 0 Å². The van der Waals surface area contributed by atoms with Gasteiger partial charge in [-0.2, -0.15) is 5.10 Å². The van der Waals surface area contributed by atoms with Gasteiger partial charge in [-0.1, -0.05) is 24.3 Å². The van der Waals surface area contributed by atoms with E-state index in [0.717, 1.165) is 64.6 Å². The highest BCUT2D eigenvalue weighted by molar-refractivity contribution is 5.92. The van der Waals surface area contributed by atoms with E-state index in [9.17, 15) is 0 Å². The summed E-state index contributed by atoms with van der Waals surface area (Å²) in [5, 5.41) is 6.08. The van der Waals surface area contributed by atoms with Gasteiger partial charge in [-0.3, -0.25) is 0 Å². The summed E-state index contributed by atoms with van der Waals surface area (Å²) in [4.78, 5) is 2.49. The van der Waals surface area contributed by atoms with Gasteiger partial charge in [-0.05, 0) is 91.8 Å². The number of nitrogens with zero attached hydrogens (tertiary/aromatic N) is 3. The first-order chi connectivity index (χ1) is 18.3. The molecule has 0 N–H and O–H groups in total. The summed E-state index contributed by atoms with van der Waals surface area (Å²) < 4.78 is 19.2. The van der Waals surface area contributed by atoms with Crippen LogP contribution in [-0.4, -0.2) is 50.0 Å². The molecular formula is C31H39N3O3. The number of aryl methyl sites for hydroxylation is 1. The molecule has 37 heavy (non-hydrogen) atoms. The minimum Gasteiger partial charge on any atom is -0.372 e. The number of allylic oxidation sites excluding steroid dienone is 1. The summed E-state index contributed by atoms with van der Waals surface area (Å²) in [5.41, 5.74) is 7.93. The molecule has 0 amide bonds. The zero-order valence-electron chi connectivity index (χ0n) is 22.2. The predicted molar refractivity (Wildman–Crippen MR) is 148 cm³/mol. The Morgan fingerprint density at radius 2 is 1.76 bits per heavy atom. The Balaban J connectivity index is 1.23. The van der Waals surface area contributed by atoms with Crippen LogP contribution in [0.25, 0.3) is 16.5 Å². The van der Waals surface area contributed by atoms with Gasteiger partial charge < -0.3 is 19.1 Å². The van der Waals surface area contributed by atoms with Crippen LogP contribution in [-0.2, 0) is 20.6 Å². The fourth-order valence-corrected chi connectivity index (χ4v) is 6.52.